The average Bonchev–Trinajstić information content (AvgIpc) is 3.21. The van der Waals surface area contributed by atoms with Gasteiger partial charge in [-0.15, -0.1) is 0 Å². The lowest BCUT2D eigenvalue weighted by Crippen LogP contribution is -2.44. The Hall–Kier alpha value is -2.37. The molecule has 2 saturated heterocycles. The first-order chi connectivity index (χ1) is 15.0. The zero-order valence-corrected chi connectivity index (χ0v) is 18.1. The maximum Gasteiger partial charge on any atom is 0.335 e. The van der Waals surface area contributed by atoms with E-state index in [1.54, 1.807) is 12.1 Å². The Balaban J connectivity index is 1.25. The fourth-order valence-electron chi connectivity index (χ4n) is 5.29. The van der Waals surface area contributed by atoms with Gasteiger partial charge in [0, 0.05) is 30.3 Å². The van der Waals surface area contributed by atoms with Gasteiger partial charge in [-0.2, -0.15) is 0 Å². The number of carboxylic acids is 1. The van der Waals surface area contributed by atoms with Gasteiger partial charge in [-0.25, -0.2) is 4.79 Å². The van der Waals surface area contributed by atoms with Crippen LogP contribution in [0.4, 0.5) is 0 Å². The Kier molecular flexibility index (Phi) is 5.27. The van der Waals surface area contributed by atoms with Crippen molar-refractivity contribution in [2.75, 3.05) is 19.7 Å². The van der Waals surface area contributed by atoms with E-state index in [0.717, 1.165) is 49.9 Å². The van der Waals surface area contributed by atoms with E-state index in [9.17, 15) is 14.7 Å². The molecule has 1 amide bonds. The normalized spacial score (nSPS) is 24.4. The lowest BCUT2D eigenvalue weighted by molar-refractivity contribution is -0.142. The van der Waals surface area contributed by atoms with E-state index >= 15 is 0 Å². The van der Waals surface area contributed by atoms with Crippen LogP contribution in [0.25, 0.3) is 11.1 Å². The van der Waals surface area contributed by atoms with Crippen LogP contribution in [-0.4, -0.2) is 47.7 Å². The lowest BCUT2D eigenvalue weighted by Gasteiger charge is -2.34. The molecular formula is C25H26ClNO4. The van der Waals surface area contributed by atoms with Gasteiger partial charge in [-0.1, -0.05) is 35.9 Å². The second kappa shape index (κ2) is 7.95. The third-order valence-corrected chi connectivity index (χ3v) is 7.63. The van der Waals surface area contributed by atoms with E-state index in [1.165, 1.54) is 18.1 Å². The van der Waals surface area contributed by atoms with Gasteiger partial charge in [0.25, 0.3) is 5.91 Å². The number of carbonyl (C=O) groups is 2. The Morgan fingerprint density at radius 1 is 1.10 bits per heavy atom. The number of benzene rings is 2. The summed E-state index contributed by atoms with van der Waals surface area (Å²) in [4.78, 5) is 25.9. The lowest BCUT2D eigenvalue weighted by atomic mass is 9.88. The molecule has 1 N–H and O–H groups in total. The van der Waals surface area contributed by atoms with Crippen LogP contribution < -0.4 is 0 Å². The number of carbonyl (C=O) groups excluding carboxylic acids is 1. The molecule has 5 rings (SSSR count). The van der Waals surface area contributed by atoms with Crippen LogP contribution in [0.5, 0.6) is 0 Å². The largest absolute Gasteiger partial charge is 0.478 e. The van der Waals surface area contributed by atoms with Gasteiger partial charge in [0.2, 0.25) is 0 Å². The zero-order valence-electron chi connectivity index (χ0n) is 17.4. The fourth-order valence-corrected chi connectivity index (χ4v) is 5.52. The highest BCUT2D eigenvalue weighted by molar-refractivity contribution is 6.33. The van der Waals surface area contributed by atoms with Crippen molar-refractivity contribution in [3.05, 3.63) is 58.6 Å². The van der Waals surface area contributed by atoms with E-state index in [1.807, 2.05) is 17.0 Å². The van der Waals surface area contributed by atoms with E-state index in [0.29, 0.717) is 23.0 Å². The monoisotopic (exact) mass is 439 g/mol. The number of ether oxygens (including phenoxy) is 1. The maximum absolute atomic E-state index is 12.6. The SMILES string of the molecule is O=C(O)c1ccc(Cl)c(-c2ccc(C3CC34CCN(C(=O)[C@H]3CCCO3)CC4)cc2)c1. The van der Waals surface area contributed by atoms with Crippen molar-refractivity contribution in [1.82, 2.24) is 4.90 Å². The Bertz CT molecular complexity index is 1000. The third kappa shape index (κ3) is 3.85. The number of hydrogen-bond donors (Lipinski definition) is 1. The first-order valence-electron chi connectivity index (χ1n) is 11.0. The van der Waals surface area contributed by atoms with E-state index < -0.39 is 5.97 Å². The first-order valence-corrected chi connectivity index (χ1v) is 11.4. The summed E-state index contributed by atoms with van der Waals surface area (Å²) in [6.45, 7) is 2.35. The molecule has 6 heteroatoms. The highest BCUT2D eigenvalue weighted by atomic mass is 35.5. The van der Waals surface area contributed by atoms with Crippen molar-refractivity contribution < 1.29 is 19.4 Å². The first kappa shape index (κ1) is 20.5. The van der Waals surface area contributed by atoms with Crippen molar-refractivity contribution >= 4 is 23.5 Å². The number of nitrogens with zero attached hydrogens (tertiary/aromatic N) is 1. The molecule has 1 spiro atoms. The molecule has 0 radical (unpaired) electrons. The summed E-state index contributed by atoms with van der Waals surface area (Å²) in [6, 6.07) is 13.1. The molecule has 2 aromatic carbocycles. The van der Waals surface area contributed by atoms with Gasteiger partial charge in [0.05, 0.1) is 5.56 Å². The predicted octanol–water partition coefficient (Wildman–Crippen LogP) is 4.98. The molecule has 1 unspecified atom stereocenters. The van der Waals surface area contributed by atoms with Gasteiger partial charge in [0.1, 0.15) is 6.10 Å². The summed E-state index contributed by atoms with van der Waals surface area (Å²) < 4.78 is 5.57. The molecule has 5 nitrogen and oxygen atoms in total. The van der Waals surface area contributed by atoms with Crippen LogP contribution in [0.15, 0.2) is 42.5 Å². The van der Waals surface area contributed by atoms with Crippen LogP contribution in [0.2, 0.25) is 5.02 Å². The molecule has 1 aliphatic carbocycles. The van der Waals surface area contributed by atoms with E-state index in [2.05, 4.69) is 12.1 Å². The molecule has 2 heterocycles. The molecule has 2 aromatic rings. The van der Waals surface area contributed by atoms with Gasteiger partial charge in [-0.05, 0) is 72.8 Å². The minimum atomic E-state index is -0.959. The van der Waals surface area contributed by atoms with E-state index in [-0.39, 0.29) is 17.6 Å². The highest BCUT2D eigenvalue weighted by Crippen LogP contribution is 2.65. The zero-order chi connectivity index (χ0) is 21.6. The van der Waals surface area contributed by atoms with Gasteiger partial charge in [0.15, 0.2) is 0 Å². The Morgan fingerprint density at radius 3 is 2.48 bits per heavy atom. The maximum atomic E-state index is 12.6. The molecule has 2 atom stereocenters. The Morgan fingerprint density at radius 2 is 1.84 bits per heavy atom. The van der Waals surface area contributed by atoms with Crippen molar-refractivity contribution in [3.8, 4) is 11.1 Å². The van der Waals surface area contributed by atoms with Crippen LogP contribution in [0.1, 0.15) is 53.9 Å². The molecule has 31 heavy (non-hydrogen) atoms. The average molecular weight is 440 g/mol. The standard InChI is InChI=1S/C25H26ClNO4/c26-21-8-7-18(24(29)30)14-19(21)16-3-5-17(6-4-16)20-15-25(20)9-11-27(12-10-25)23(28)22-2-1-13-31-22/h3-8,14,20,22H,1-2,9-13,15H2,(H,29,30)/t20?,22-/m1/s1. The van der Waals surface area contributed by atoms with Crippen LogP contribution in [0, 0.1) is 5.41 Å². The quantitative estimate of drug-likeness (QED) is 0.729. The topological polar surface area (TPSA) is 66.8 Å². The predicted molar refractivity (Wildman–Crippen MR) is 118 cm³/mol. The van der Waals surface area contributed by atoms with Crippen molar-refractivity contribution in [2.24, 2.45) is 5.41 Å². The second-order valence-corrected chi connectivity index (χ2v) is 9.48. The highest BCUT2D eigenvalue weighted by Gasteiger charge is 2.55. The molecule has 162 valence electrons. The smallest absolute Gasteiger partial charge is 0.335 e. The molecule has 2 aliphatic heterocycles. The number of piperidine rings is 1. The number of rotatable bonds is 4. The van der Waals surface area contributed by atoms with Crippen molar-refractivity contribution in [3.63, 3.8) is 0 Å². The summed E-state index contributed by atoms with van der Waals surface area (Å²) in [5, 5.41) is 9.80. The van der Waals surface area contributed by atoms with Gasteiger partial charge in [-0.3, -0.25) is 4.79 Å². The summed E-state index contributed by atoms with van der Waals surface area (Å²) in [7, 11) is 0. The second-order valence-electron chi connectivity index (χ2n) is 9.07. The molecule has 3 fully saturated rings. The summed E-state index contributed by atoms with van der Waals surface area (Å²) in [5.74, 6) is -0.254. The number of amides is 1. The summed E-state index contributed by atoms with van der Waals surface area (Å²) in [5.41, 5.74) is 3.51. The molecular weight excluding hydrogens is 414 g/mol. The van der Waals surface area contributed by atoms with Crippen LogP contribution in [-0.2, 0) is 9.53 Å². The number of aromatic carboxylic acids is 1. The van der Waals surface area contributed by atoms with Crippen LogP contribution in [0.3, 0.4) is 0 Å². The van der Waals surface area contributed by atoms with Crippen LogP contribution >= 0.6 is 11.6 Å². The number of hydrogen-bond acceptors (Lipinski definition) is 3. The van der Waals surface area contributed by atoms with Crippen molar-refractivity contribution in [1.29, 1.82) is 0 Å². The summed E-state index contributed by atoms with van der Waals surface area (Å²) >= 11 is 6.32. The third-order valence-electron chi connectivity index (χ3n) is 7.30. The molecule has 0 aromatic heterocycles. The van der Waals surface area contributed by atoms with Gasteiger partial charge < -0.3 is 14.7 Å². The fraction of sp³-hybridized carbons (Fsp3) is 0.440. The molecule has 1 saturated carbocycles. The Labute approximate surface area is 187 Å². The molecule has 3 aliphatic rings. The number of halogens is 1. The van der Waals surface area contributed by atoms with Gasteiger partial charge >= 0.3 is 5.97 Å². The molecule has 0 bridgehead atoms. The minimum Gasteiger partial charge on any atom is -0.478 e. The minimum absolute atomic E-state index is 0.175. The number of carboxylic acid groups (broad SMARTS) is 1. The number of likely N-dealkylation sites (tertiary alicyclic amines) is 1. The van der Waals surface area contributed by atoms with Crippen molar-refractivity contribution in [2.45, 2.75) is 44.1 Å². The summed E-state index contributed by atoms with van der Waals surface area (Å²) in [6.07, 6.45) is 4.88. The van der Waals surface area contributed by atoms with E-state index in [4.69, 9.17) is 16.3 Å².